The van der Waals surface area contributed by atoms with Gasteiger partial charge in [-0.25, -0.2) is 4.98 Å². The normalized spacial score (nSPS) is 25.6. The number of pyridine rings is 1. The predicted molar refractivity (Wildman–Crippen MR) is 151 cm³/mol. The molecule has 4 rings (SSSR count). The van der Waals surface area contributed by atoms with Crippen molar-refractivity contribution in [3.8, 4) is 5.75 Å². The van der Waals surface area contributed by atoms with Gasteiger partial charge in [-0.05, 0) is 58.0 Å². The lowest BCUT2D eigenvalue weighted by molar-refractivity contribution is -0.277. The topological polar surface area (TPSA) is 174 Å². The summed E-state index contributed by atoms with van der Waals surface area (Å²) in [5.74, 6) is -1.30. The van der Waals surface area contributed by atoms with E-state index in [-0.39, 0.29) is 39.7 Å². The summed E-state index contributed by atoms with van der Waals surface area (Å²) in [5.41, 5.74) is -0.115. The van der Waals surface area contributed by atoms with Crippen molar-refractivity contribution in [2.75, 3.05) is 30.3 Å². The lowest BCUT2D eigenvalue weighted by atomic mass is 9.94. The monoisotopic (exact) mass is 612 g/mol. The number of benzene rings is 1. The number of piperidine rings is 1. The number of aliphatic hydroxyl groups excluding tert-OH is 4. The lowest BCUT2D eigenvalue weighted by Gasteiger charge is -2.39. The highest BCUT2D eigenvalue weighted by atomic mass is 35.5. The van der Waals surface area contributed by atoms with Gasteiger partial charge in [0.25, 0.3) is 5.91 Å². The Balaban J connectivity index is 1.66. The number of aromatic nitrogens is 1. The molecular weight excluding hydrogens is 579 g/mol. The number of carbonyl (C=O) groups is 2. The Hall–Kier alpha value is -2.55. The van der Waals surface area contributed by atoms with Gasteiger partial charge in [-0.15, -0.1) is 0 Å². The number of hydrogen-bond acceptors (Lipinski definition) is 10. The fraction of sp³-hybridized carbons (Fsp3) is 0.519. The highest BCUT2D eigenvalue weighted by Crippen LogP contribution is 2.37. The van der Waals surface area contributed by atoms with Crippen molar-refractivity contribution in [2.45, 2.75) is 63.4 Å². The third-order valence-electron chi connectivity index (χ3n) is 7.25. The largest absolute Gasteiger partial charge is 0.460 e. The minimum Gasteiger partial charge on any atom is -0.460 e. The number of hydrogen-bond donors (Lipinski definition) is 6. The number of aliphatic hydroxyl groups is 4. The van der Waals surface area contributed by atoms with E-state index in [1.807, 2.05) is 0 Å². The standard InChI is InChI=1S/C27H34Cl2N4O8/c1-13(2)33-7-5-14(6-8-33)25(38)32-21-17(26(39)31-20-4-3-15(28)11-30-20)9-16(29)10-18(21)40-27-24(37)23(36)22(35)19(12-34)41-27/h3-4,9-11,13-14,19,22-24,27,34-37H,5-8,12H2,1-2H3,(H,32,38)(H,30,31,39)/t19-,22-,23+,24-,27?/m1/s1. The van der Waals surface area contributed by atoms with Crippen LogP contribution in [0.1, 0.15) is 37.0 Å². The molecule has 2 aromatic rings. The third-order valence-corrected chi connectivity index (χ3v) is 7.69. The molecule has 1 unspecified atom stereocenters. The molecule has 5 atom stereocenters. The molecule has 2 amide bonds. The average Bonchev–Trinajstić information content (AvgIpc) is 2.95. The van der Waals surface area contributed by atoms with E-state index in [2.05, 4.69) is 34.4 Å². The molecule has 0 spiro atoms. The summed E-state index contributed by atoms with van der Waals surface area (Å²) in [7, 11) is 0. The molecule has 1 aromatic heterocycles. The van der Waals surface area contributed by atoms with Gasteiger partial charge >= 0.3 is 0 Å². The molecular formula is C27H34Cl2N4O8. The van der Waals surface area contributed by atoms with Crippen LogP contribution < -0.4 is 15.4 Å². The molecule has 6 N–H and O–H groups in total. The first-order chi connectivity index (χ1) is 19.5. The zero-order valence-corrected chi connectivity index (χ0v) is 24.0. The van der Waals surface area contributed by atoms with Crippen molar-refractivity contribution in [1.29, 1.82) is 0 Å². The van der Waals surface area contributed by atoms with Gasteiger partial charge in [-0.2, -0.15) is 0 Å². The first kappa shape index (κ1) is 31.4. The minimum atomic E-state index is -1.73. The number of anilines is 2. The van der Waals surface area contributed by atoms with Crippen LogP contribution >= 0.6 is 23.2 Å². The Bertz CT molecular complexity index is 1220. The summed E-state index contributed by atoms with van der Waals surface area (Å²) in [6.45, 7) is 5.00. The maximum Gasteiger partial charge on any atom is 0.259 e. The fourth-order valence-corrected chi connectivity index (χ4v) is 5.13. The number of likely N-dealkylation sites (tertiary alicyclic amines) is 1. The average molecular weight is 613 g/mol. The van der Waals surface area contributed by atoms with Gasteiger partial charge in [0.1, 0.15) is 36.0 Å². The van der Waals surface area contributed by atoms with Gasteiger partial charge in [0.2, 0.25) is 12.2 Å². The van der Waals surface area contributed by atoms with Crippen molar-refractivity contribution in [3.63, 3.8) is 0 Å². The summed E-state index contributed by atoms with van der Waals surface area (Å²) >= 11 is 12.2. The van der Waals surface area contributed by atoms with E-state index >= 15 is 0 Å². The zero-order chi connectivity index (χ0) is 29.8. The maximum atomic E-state index is 13.4. The van der Waals surface area contributed by atoms with E-state index in [1.165, 1.54) is 24.4 Å². The number of ether oxygens (including phenoxy) is 2. The molecule has 12 nitrogen and oxygen atoms in total. The number of carbonyl (C=O) groups excluding carboxylic acids is 2. The molecule has 1 aromatic carbocycles. The number of nitrogens with one attached hydrogen (secondary N) is 2. The van der Waals surface area contributed by atoms with Crippen LogP contribution in [0.3, 0.4) is 0 Å². The molecule has 0 radical (unpaired) electrons. The smallest absolute Gasteiger partial charge is 0.259 e. The first-order valence-corrected chi connectivity index (χ1v) is 14.0. The fourth-order valence-electron chi connectivity index (χ4n) is 4.81. The molecule has 224 valence electrons. The van der Waals surface area contributed by atoms with Crippen LogP contribution in [0.4, 0.5) is 11.5 Å². The summed E-state index contributed by atoms with van der Waals surface area (Å²) in [6, 6.07) is 6.05. The minimum absolute atomic E-state index is 0.0471. The third kappa shape index (κ3) is 7.46. The van der Waals surface area contributed by atoms with Crippen LogP contribution in [0.2, 0.25) is 10.0 Å². The van der Waals surface area contributed by atoms with Crippen LogP contribution in [-0.2, 0) is 9.53 Å². The van der Waals surface area contributed by atoms with Gasteiger partial charge in [-0.1, -0.05) is 23.2 Å². The molecule has 0 aliphatic carbocycles. The molecule has 2 saturated heterocycles. The second kappa shape index (κ2) is 13.6. The van der Waals surface area contributed by atoms with Crippen LogP contribution in [0.25, 0.3) is 0 Å². The SMILES string of the molecule is CC(C)N1CCC(C(=O)Nc2c(OC3O[C@H](CO)[C@@H](O)[C@H](O)[C@H]3O)cc(Cl)cc2C(=O)Nc2ccc(Cl)cn2)CC1. The van der Waals surface area contributed by atoms with Crippen molar-refractivity contribution >= 4 is 46.5 Å². The molecule has 2 aliphatic heterocycles. The Kier molecular flexibility index (Phi) is 10.4. The van der Waals surface area contributed by atoms with Crippen LogP contribution in [0.15, 0.2) is 30.5 Å². The lowest BCUT2D eigenvalue weighted by Crippen LogP contribution is -2.60. The maximum absolute atomic E-state index is 13.4. The van der Waals surface area contributed by atoms with Crippen LogP contribution in [0.5, 0.6) is 5.75 Å². The van der Waals surface area contributed by atoms with Gasteiger partial charge in [-0.3, -0.25) is 9.59 Å². The van der Waals surface area contributed by atoms with E-state index in [1.54, 1.807) is 6.07 Å². The molecule has 41 heavy (non-hydrogen) atoms. The van der Waals surface area contributed by atoms with Gasteiger partial charge < -0.3 is 45.4 Å². The highest BCUT2D eigenvalue weighted by molar-refractivity contribution is 6.32. The second-order valence-corrected chi connectivity index (χ2v) is 11.2. The molecule has 0 saturated carbocycles. The summed E-state index contributed by atoms with van der Waals surface area (Å²) < 4.78 is 11.3. The summed E-state index contributed by atoms with van der Waals surface area (Å²) in [6.07, 6.45) is -5.27. The number of halogens is 2. The molecule has 0 bridgehead atoms. The quantitative estimate of drug-likeness (QED) is 0.258. The number of rotatable bonds is 8. The zero-order valence-electron chi connectivity index (χ0n) is 22.5. The molecule has 3 heterocycles. The molecule has 2 aliphatic rings. The molecule has 2 fully saturated rings. The van der Waals surface area contributed by atoms with Crippen LogP contribution in [0, 0.1) is 5.92 Å². The highest BCUT2D eigenvalue weighted by Gasteiger charge is 2.45. The Morgan fingerprint density at radius 1 is 1.07 bits per heavy atom. The number of amides is 2. The predicted octanol–water partition coefficient (Wildman–Crippen LogP) is 1.88. The van der Waals surface area contributed by atoms with E-state index in [0.29, 0.717) is 23.9 Å². The van der Waals surface area contributed by atoms with Gasteiger partial charge in [0.05, 0.1) is 22.9 Å². The van der Waals surface area contributed by atoms with Crippen molar-refractivity contribution in [2.24, 2.45) is 5.92 Å². The van der Waals surface area contributed by atoms with Gasteiger partial charge in [0.15, 0.2) is 0 Å². The second-order valence-electron chi connectivity index (χ2n) is 10.4. The van der Waals surface area contributed by atoms with E-state index in [4.69, 9.17) is 32.7 Å². The van der Waals surface area contributed by atoms with Gasteiger partial charge in [0, 0.05) is 29.2 Å². The van der Waals surface area contributed by atoms with E-state index < -0.39 is 43.2 Å². The Labute approximate surface area is 247 Å². The van der Waals surface area contributed by atoms with Crippen molar-refractivity contribution in [3.05, 3.63) is 46.1 Å². The van der Waals surface area contributed by atoms with Crippen molar-refractivity contribution < 1.29 is 39.5 Å². The Morgan fingerprint density at radius 3 is 2.39 bits per heavy atom. The number of nitrogens with zero attached hydrogens (tertiary/aromatic N) is 2. The Morgan fingerprint density at radius 2 is 1.78 bits per heavy atom. The summed E-state index contributed by atoms with van der Waals surface area (Å²) in [5, 5.41) is 46.3. The molecule has 14 heteroatoms. The first-order valence-electron chi connectivity index (χ1n) is 13.3. The van der Waals surface area contributed by atoms with Crippen LogP contribution in [-0.4, -0.2) is 98.6 Å². The van der Waals surface area contributed by atoms with E-state index in [9.17, 15) is 30.0 Å². The van der Waals surface area contributed by atoms with Crippen molar-refractivity contribution in [1.82, 2.24) is 9.88 Å². The summed E-state index contributed by atoms with van der Waals surface area (Å²) in [4.78, 5) is 33.2. The van der Waals surface area contributed by atoms with E-state index in [0.717, 1.165) is 13.1 Å².